The standard InChI is InChI=1S/Ba.5O. The first kappa shape index (κ1) is 6.57. The van der Waals surface area contributed by atoms with Crippen molar-refractivity contribution in [1.82, 2.24) is 0 Å². The van der Waals surface area contributed by atoms with E-state index in [0.717, 1.165) is 0 Å². The van der Waals surface area contributed by atoms with Gasteiger partial charge in [0.2, 0.25) is 0 Å². The molecule has 0 aromatic rings. The molecule has 0 amide bonds. The van der Waals surface area contributed by atoms with E-state index in [1.54, 1.807) is 0 Å². The van der Waals surface area contributed by atoms with Crippen molar-refractivity contribution < 1.29 is 0.199 Å². The topological polar surface area (TPSA) is 85.3 Å². The molecule has 0 fully saturated rings. The Morgan fingerprint density at radius 3 is 0.667 bits per heavy atom. The quantitative estimate of drug-likeness (QED) is 0.487. The molecule has 0 aromatic heterocycles. The van der Waals surface area contributed by atoms with E-state index >= 15 is 0 Å². The first-order chi connectivity index (χ1) is 2.24. The molecule has 0 radical (unpaired) electrons. The fraction of sp³-hybridized carbons (Fsp3) is 0. The van der Waals surface area contributed by atoms with E-state index in [1.807, 2.05) is 0 Å². The van der Waals surface area contributed by atoms with Gasteiger partial charge in [-0.3, -0.25) is 0 Å². The summed E-state index contributed by atoms with van der Waals surface area (Å²) in [4.78, 5) is 0. The second-order valence-corrected chi connectivity index (χ2v) is 8.58. The van der Waals surface area contributed by atoms with Crippen LogP contribution in [-0.4, -0.2) is 38.0 Å². The molecule has 0 bridgehead atoms. The van der Waals surface area contributed by atoms with Gasteiger partial charge in [-0.25, -0.2) is 0 Å². The van der Waals surface area contributed by atoms with Crippen molar-refractivity contribution in [2.45, 2.75) is 0 Å². The van der Waals surface area contributed by atoms with Crippen molar-refractivity contribution >= 4 is 38.0 Å². The molecular formula is BaO5. The fourth-order valence-electron chi connectivity index (χ4n) is 0. The van der Waals surface area contributed by atoms with Gasteiger partial charge in [-0.1, -0.05) is 0 Å². The van der Waals surface area contributed by atoms with Crippen LogP contribution in [0.3, 0.4) is 0 Å². The SMILES string of the molecule is [O]=[Ba](=[O])(=[O])(=[O])=[O]. The average Bonchev–Trinajstić information content (AvgIpc) is 0.650. The Hall–Kier alpha value is 0.571. The van der Waals surface area contributed by atoms with E-state index in [4.69, 9.17) is 0.199 Å². The molecule has 5 nitrogen and oxygen atoms in total. The van der Waals surface area contributed by atoms with Gasteiger partial charge in [0.1, 0.15) is 0 Å². The second-order valence-electron chi connectivity index (χ2n) is 1.18. The van der Waals surface area contributed by atoms with Crippen LogP contribution in [0.25, 0.3) is 0 Å². The minimum absolute atomic E-state index is 8.20. The summed E-state index contributed by atoms with van der Waals surface area (Å²) in [7, 11) is 0. The van der Waals surface area contributed by atoms with E-state index < -0.39 is 38.0 Å². The Bertz CT molecular complexity index is 274. The molecule has 0 aliphatic carbocycles. The van der Waals surface area contributed by atoms with Crippen LogP contribution in [0.4, 0.5) is 0 Å². The van der Waals surface area contributed by atoms with Crippen LogP contribution in [0.5, 0.6) is 0 Å². The summed E-state index contributed by atoms with van der Waals surface area (Å²) in [6.07, 6.45) is 0. The van der Waals surface area contributed by atoms with Gasteiger partial charge in [0.15, 0.2) is 0 Å². The minimum atomic E-state index is -8.20. The van der Waals surface area contributed by atoms with Crippen LogP contribution in [0.2, 0.25) is 0 Å². The van der Waals surface area contributed by atoms with E-state index in [1.165, 1.54) is 0 Å². The predicted molar refractivity (Wildman–Crippen MR) is 9.19 cm³/mol. The second kappa shape index (κ2) is 1.04. The van der Waals surface area contributed by atoms with E-state index in [2.05, 4.69) is 0 Å². The van der Waals surface area contributed by atoms with Gasteiger partial charge in [-0.15, -0.1) is 0 Å². The number of hydrogen-bond acceptors (Lipinski definition) is 5. The average molecular weight is 217 g/mol. The van der Waals surface area contributed by atoms with Crippen molar-refractivity contribution in [2.75, 3.05) is 0 Å². The normalized spacial score (nSPS) is 18.3. The molecule has 6 heavy (non-hydrogen) atoms. The molecule has 0 N–H and O–H groups in total. The zero-order chi connectivity index (χ0) is 5.45. The molecule has 0 atom stereocenters. The summed E-state index contributed by atoms with van der Waals surface area (Å²) < 4.78 is 43.4. The molecule has 0 rings (SSSR count). The fourth-order valence-corrected chi connectivity index (χ4v) is 0. The van der Waals surface area contributed by atoms with Crippen molar-refractivity contribution in [3.8, 4) is 0 Å². The Kier molecular flexibility index (Phi) is 1.14. The summed E-state index contributed by atoms with van der Waals surface area (Å²) in [5.74, 6) is 0. The molecule has 0 aromatic carbocycles. The molecule has 32 valence electrons. The third-order valence-electron chi connectivity index (χ3n) is 0. The maximum absolute atomic E-state index is 8.69. The van der Waals surface area contributed by atoms with Crippen LogP contribution in [0.1, 0.15) is 0 Å². The van der Waals surface area contributed by atoms with Crippen molar-refractivity contribution in [3.63, 3.8) is 0 Å². The van der Waals surface area contributed by atoms with Gasteiger partial charge in [0, 0.05) is 0 Å². The molecule has 0 heterocycles. The molecular weight excluding hydrogens is 217 g/mol. The third-order valence-corrected chi connectivity index (χ3v) is 0. The van der Waals surface area contributed by atoms with E-state index in [-0.39, 0.29) is 0 Å². The molecule has 0 saturated carbocycles. The van der Waals surface area contributed by atoms with Crippen molar-refractivity contribution in [1.29, 1.82) is 0 Å². The zero-order valence-electron chi connectivity index (χ0n) is 2.75. The third kappa shape index (κ3) is 179. The number of hydrogen-bond donors (Lipinski definition) is 0. The van der Waals surface area contributed by atoms with Crippen LogP contribution >= 0.6 is 0 Å². The van der Waals surface area contributed by atoms with Gasteiger partial charge < -0.3 is 0 Å². The molecule has 0 aliphatic heterocycles. The Balaban J connectivity index is 7.45. The van der Waals surface area contributed by atoms with Crippen LogP contribution < -0.4 is 0 Å². The van der Waals surface area contributed by atoms with Crippen molar-refractivity contribution in [3.05, 3.63) is 0 Å². The molecule has 0 saturated heterocycles. The van der Waals surface area contributed by atoms with Gasteiger partial charge >= 0.3 is 38.2 Å². The Labute approximate surface area is 37.3 Å². The van der Waals surface area contributed by atoms with Crippen LogP contribution in [0, 0.1) is 0 Å². The van der Waals surface area contributed by atoms with Gasteiger partial charge in [-0.2, -0.15) is 0 Å². The molecule has 0 spiro atoms. The van der Waals surface area contributed by atoms with Crippen LogP contribution in [-0.2, 0) is 0.199 Å². The molecule has 0 aliphatic rings. The number of rotatable bonds is 0. The molecule has 0 unspecified atom stereocenters. The monoisotopic (exact) mass is 218 g/mol. The van der Waals surface area contributed by atoms with Crippen LogP contribution in [0.15, 0.2) is 0 Å². The summed E-state index contributed by atoms with van der Waals surface area (Å²) in [5.41, 5.74) is 0. The van der Waals surface area contributed by atoms with Gasteiger partial charge in [0.05, 0.1) is 0 Å². The summed E-state index contributed by atoms with van der Waals surface area (Å²) in [5, 5.41) is 0. The maximum atomic E-state index is 8.69. The van der Waals surface area contributed by atoms with Crippen molar-refractivity contribution in [2.24, 2.45) is 0 Å². The first-order valence-electron chi connectivity index (χ1n) is 1.44. The summed E-state index contributed by atoms with van der Waals surface area (Å²) in [6.45, 7) is 0. The Morgan fingerprint density at radius 2 is 0.667 bits per heavy atom. The Morgan fingerprint density at radius 1 is 0.667 bits per heavy atom. The first-order valence-corrected chi connectivity index (χ1v) is 10.5. The zero-order valence-corrected chi connectivity index (χ0v) is 7.19. The molecule has 6 heteroatoms. The summed E-state index contributed by atoms with van der Waals surface area (Å²) in [6, 6.07) is 0. The van der Waals surface area contributed by atoms with Gasteiger partial charge in [0.25, 0.3) is 0 Å². The van der Waals surface area contributed by atoms with E-state index in [0.29, 0.717) is 0 Å². The van der Waals surface area contributed by atoms with Gasteiger partial charge in [-0.05, 0) is 0 Å². The predicted octanol–water partition coefficient (Wildman–Crippen LogP) is -0.975. The van der Waals surface area contributed by atoms with E-state index in [9.17, 15) is 0 Å². The summed E-state index contributed by atoms with van der Waals surface area (Å²) >= 11 is -8.20.